The lowest BCUT2D eigenvalue weighted by Gasteiger charge is -2.25. The van der Waals surface area contributed by atoms with Gasteiger partial charge in [-0.2, -0.15) is 0 Å². The van der Waals surface area contributed by atoms with E-state index < -0.39 is 0 Å². The van der Waals surface area contributed by atoms with Crippen molar-refractivity contribution in [1.82, 2.24) is 9.97 Å². The molecule has 2 aromatic heterocycles. The first-order valence-electron chi connectivity index (χ1n) is 6.01. The average Bonchev–Trinajstić information content (AvgIpc) is 2.28. The Hall–Kier alpha value is -1.90. The predicted octanol–water partition coefficient (Wildman–Crippen LogP) is 2.99. The summed E-state index contributed by atoms with van der Waals surface area (Å²) in [6.07, 6.45) is 7.57. The van der Waals surface area contributed by atoms with Crippen LogP contribution in [-0.2, 0) is 0 Å². The predicted molar refractivity (Wildman–Crippen MR) is 68.5 cm³/mol. The SMILES string of the molecule is Nc1cc(C2CCC2)cnc1-c1ccccn1. The second kappa shape index (κ2) is 4.17. The minimum Gasteiger partial charge on any atom is -0.397 e. The quantitative estimate of drug-likeness (QED) is 0.854. The van der Waals surface area contributed by atoms with E-state index in [0.29, 0.717) is 5.92 Å². The van der Waals surface area contributed by atoms with Gasteiger partial charge in [0.05, 0.1) is 11.4 Å². The number of hydrogen-bond acceptors (Lipinski definition) is 3. The van der Waals surface area contributed by atoms with Gasteiger partial charge in [-0.3, -0.25) is 9.97 Å². The lowest BCUT2D eigenvalue weighted by Crippen LogP contribution is -2.10. The molecule has 1 aliphatic carbocycles. The fraction of sp³-hybridized carbons (Fsp3) is 0.286. The molecule has 2 heterocycles. The summed E-state index contributed by atoms with van der Waals surface area (Å²) in [5.41, 5.74) is 9.69. The number of nitrogen functional groups attached to an aromatic ring is 1. The second-order valence-corrected chi connectivity index (χ2v) is 4.55. The molecule has 0 atom stereocenters. The van der Waals surface area contributed by atoms with Crippen LogP contribution in [0.15, 0.2) is 36.7 Å². The Labute approximate surface area is 101 Å². The van der Waals surface area contributed by atoms with Gasteiger partial charge in [0.2, 0.25) is 0 Å². The molecule has 3 heteroatoms. The van der Waals surface area contributed by atoms with Crippen molar-refractivity contribution in [1.29, 1.82) is 0 Å². The molecule has 0 radical (unpaired) electrons. The minimum absolute atomic E-state index is 0.669. The Morgan fingerprint density at radius 2 is 2.06 bits per heavy atom. The van der Waals surface area contributed by atoms with Crippen LogP contribution in [0.1, 0.15) is 30.7 Å². The number of rotatable bonds is 2. The van der Waals surface area contributed by atoms with Gasteiger partial charge >= 0.3 is 0 Å². The van der Waals surface area contributed by atoms with Gasteiger partial charge in [-0.1, -0.05) is 12.5 Å². The molecule has 0 spiro atoms. The molecule has 3 rings (SSSR count). The third-order valence-electron chi connectivity index (χ3n) is 3.42. The van der Waals surface area contributed by atoms with Crippen molar-refractivity contribution in [2.24, 2.45) is 0 Å². The molecule has 86 valence electrons. The van der Waals surface area contributed by atoms with Crippen LogP contribution >= 0.6 is 0 Å². The van der Waals surface area contributed by atoms with E-state index in [1.54, 1.807) is 6.20 Å². The Kier molecular flexibility index (Phi) is 2.52. The smallest absolute Gasteiger partial charge is 0.111 e. The Morgan fingerprint density at radius 1 is 1.18 bits per heavy atom. The number of nitrogens with zero attached hydrogens (tertiary/aromatic N) is 2. The van der Waals surface area contributed by atoms with Crippen molar-refractivity contribution < 1.29 is 0 Å². The van der Waals surface area contributed by atoms with E-state index in [1.165, 1.54) is 24.8 Å². The molecule has 0 aromatic carbocycles. The normalized spacial score (nSPS) is 15.5. The summed E-state index contributed by atoms with van der Waals surface area (Å²) >= 11 is 0. The Morgan fingerprint density at radius 3 is 2.65 bits per heavy atom. The lowest BCUT2D eigenvalue weighted by molar-refractivity contribution is 0.419. The summed E-state index contributed by atoms with van der Waals surface area (Å²) in [5, 5.41) is 0. The molecule has 0 amide bonds. The van der Waals surface area contributed by atoms with E-state index in [-0.39, 0.29) is 0 Å². The molecular weight excluding hydrogens is 210 g/mol. The third-order valence-corrected chi connectivity index (χ3v) is 3.42. The number of anilines is 1. The number of hydrogen-bond donors (Lipinski definition) is 1. The molecule has 2 N–H and O–H groups in total. The van der Waals surface area contributed by atoms with Crippen molar-refractivity contribution in [2.75, 3.05) is 5.73 Å². The monoisotopic (exact) mass is 225 g/mol. The van der Waals surface area contributed by atoms with Crippen LogP contribution in [0, 0.1) is 0 Å². The van der Waals surface area contributed by atoms with E-state index in [1.807, 2.05) is 24.4 Å². The largest absolute Gasteiger partial charge is 0.397 e. The molecule has 0 aliphatic heterocycles. The summed E-state index contributed by atoms with van der Waals surface area (Å²) < 4.78 is 0. The van der Waals surface area contributed by atoms with Gasteiger partial charge < -0.3 is 5.73 Å². The van der Waals surface area contributed by atoms with Gasteiger partial charge in [0, 0.05) is 12.4 Å². The van der Waals surface area contributed by atoms with E-state index in [2.05, 4.69) is 16.0 Å². The third kappa shape index (κ3) is 1.88. The minimum atomic E-state index is 0.669. The average molecular weight is 225 g/mol. The lowest BCUT2D eigenvalue weighted by atomic mass is 9.80. The van der Waals surface area contributed by atoms with Crippen LogP contribution in [0.4, 0.5) is 5.69 Å². The number of pyridine rings is 2. The standard InChI is InChI=1S/C14H15N3/c15-12-8-11(10-4-3-5-10)9-17-14(12)13-6-1-2-7-16-13/h1-2,6-10H,3-5,15H2. The van der Waals surface area contributed by atoms with Crippen LogP contribution in [-0.4, -0.2) is 9.97 Å². The molecule has 0 saturated heterocycles. The molecule has 0 bridgehead atoms. The first kappa shape index (κ1) is 10.3. The molecule has 3 nitrogen and oxygen atoms in total. The summed E-state index contributed by atoms with van der Waals surface area (Å²) in [5.74, 6) is 0.669. The van der Waals surface area contributed by atoms with E-state index in [4.69, 9.17) is 5.73 Å². The Balaban J connectivity index is 1.96. The van der Waals surface area contributed by atoms with E-state index in [9.17, 15) is 0 Å². The molecule has 17 heavy (non-hydrogen) atoms. The molecule has 0 unspecified atom stereocenters. The van der Waals surface area contributed by atoms with Crippen LogP contribution in [0.5, 0.6) is 0 Å². The topological polar surface area (TPSA) is 51.8 Å². The number of nitrogens with two attached hydrogens (primary N) is 1. The highest BCUT2D eigenvalue weighted by Gasteiger charge is 2.20. The summed E-state index contributed by atoms with van der Waals surface area (Å²) in [6.45, 7) is 0. The molecular formula is C14H15N3. The maximum atomic E-state index is 6.07. The zero-order valence-electron chi connectivity index (χ0n) is 9.63. The van der Waals surface area contributed by atoms with Gasteiger partial charge in [-0.25, -0.2) is 0 Å². The van der Waals surface area contributed by atoms with Crippen molar-refractivity contribution in [3.05, 3.63) is 42.2 Å². The maximum Gasteiger partial charge on any atom is 0.111 e. The van der Waals surface area contributed by atoms with Crippen molar-refractivity contribution in [3.8, 4) is 11.4 Å². The van der Waals surface area contributed by atoms with Crippen LogP contribution in [0.3, 0.4) is 0 Å². The Bertz CT molecular complexity index is 518. The van der Waals surface area contributed by atoms with Gasteiger partial charge in [-0.05, 0) is 42.5 Å². The fourth-order valence-corrected chi connectivity index (χ4v) is 2.18. The maximum absolute atomic E-state index is 6.07. The van der Waals surface area contributed by atoms with Crippen molar-refractivity contribution >= 4 is 5.69 Å². The summed E-state index contributed by atoms with van der Waals surface area (Å²) in [7, 11) is 0. The number of aromatic nitrogens is 2. The van der Waals surface area contributed by atoms with Gasteiger partial charge in [0.1, 0.15) is 5.69 Å². The van der Waals surface area contributed by atoms with E-state index in [0.717, 1.165) is 17.1 Å². The highest BCUT2D eigenvalue weighted by Crippen LogP contribution is 2.37. The highest BCUT2D eigenvalue weighted by atomic mass is 14.8. The second-order valence-electron chi connectivity index (χ2n) is 4.55. The van der Waals surface area contributed by atoms with E-state index >= 15 is 0 Å². The molecule has 2 aromatic rings. The van der Waals surface area contributed by atoms with Crippen LogP contribution in [0.25, 0.3) is 11.4 Å². The summed E-state index contributed by atoms with van der Waals surface area (Å²) in [4.78, 5) is 8.74. The first-order chi connectivity index (χ1) is 8.34. The fourth-order valence-electron chi connectivity index (χ4n) is 2.18. The van der Waals surface area contributed by atoms with Crippen LogP contribution < -0.4 is 5.73 Å². The van der Waals surface area contributed by atoms with Gasteiger partial charge in [0.25, 0.3) is 0 Å². The van der Waals surface area contributed by atoms with Crippen LogP contribution in [0.2, 0.25) is 0 Å². The summed E-state index contributed by atoms with van der Waals surface area (Å²) in [6, 6.07) is 7.83. The van der Waals surface area contributed by atoms with Gasteiger partial charge in [-0.15, -0.1) is 0 Å². The first-order valence-corrected chi connectivity index (χ1v) is 6.01. The van der Waals surface area contributed by atoms with Crippen molar-refractivity contribution in [3.63, 3.8) is 0 Å². The zero-order valence-corrected chi connectivity index (χ0v) is 9.63. The molecule has 1 saturated carbocycles. The molecule has 1 aliphatic rings. The van der Waals surface area contributed by atoms with Gasteiger partial charge in [0.15, 0.2) is 0 Å². The highest BCUT2D eigenvalue weighted by molar-refractivity contribution is 5.69. The zero-order chi connectivity index (χ0) is 11.7. The van der Waals surface area contributed by atoms with Crippen molar-refractivity contribution in [2.45, 2.75) is 25.2 Å². The molecule has 1 fully saturated rings.